The van der Waals surface area contributed by atoms with Gasteiger partial charge in [-0.25, -0.2) is 0 Å². The van der Waals surface area contributed by atoms with Crippen LogP contribution in [0.2, 0.25) is 0 Å². The quantitative estimate of drug-likeness (QED) is 0.846. The molecule has 1 heterocycles. The molecule has 0 amide bonds. The molecule has 0 aliphatic carbocycles. The van der Waals surface area contributed by atoms with Gasteiger partial charge in [0.25, 0.3) is 0 Å². The molecule has 0 saturated heterocycles. The van der Waals surface area contributed by atoms with Crippen molar-refractivity contribution in [2.75, 3.05) is 7.05 Å². The second kappa shape index (κ2) is 6.91. The Morgan fingerprint density at radius 3 is 2.60 bits per heavy atom. The van der Waals surface area contributed by atoms with E-state index in [4.69, 9.17) is 4.74 Å². The normalized spacial score (nSPS) is 11.1. The SMILES string of the molecule is CNCc1ccc(COc2cc(C(C)C)ccc2C)s1. The highest BCUT2D eigenvalue weighted by atomic mass is 32.1. The zero-order valence-electron chi connectivity index (χ0n) is 12.7. The fourth-order valence-corrected chi connectivity index (χ4v) is 2.99. The van der Waals surface area contributed by atoms with Gasteiger partial charge in [-0.05, 0) is 49.2 Å². The summed E-state index contributed by atoms with van der Waals surface area (Å²) in [6.45, 7) is 8.08. The smallest absolute Gasteiger partial charge is 0.123 e. The molecule has 1 N–H and O–H groups in total. The van der Waals surface area contributed by atoms with Crippen molar-refractivity contribution in [2.45, 2.75) is 39.8 Å². The number of hydrogen-bond acceptors (Lipinski definition) is 3. The van der Waals surface area contributed by atoms with Crippen LogP contribution in [0.3, 0.4) is 0 Å². The first kappa shape index (κ1) is 15.1. The summed E-state index contributed by atoms with van der Waals surface area (Å²) in [5.41, 5.74) is 2.52. The lowest BCUT2D eigenvalue weighted by molar-refractivity contribution is 0.307. The van der Waals surface area contributed by atoms with Crippen LogP contribution < -0.4 is 10.1 Å². The summed E-state index contributed by atoms with van der Waals surface area (Å²) in [7, 11) is 1.97. The molecule has 3 heteroatoms. The molecular weight excluding hydrogens is 266 g/mol. The van der Waals surface area contributed by atoms with Crippen molar-refractivity contribution < 1.29 is 4.74 Å². The van der Waals surface area contributed by atoms with Crippen molar-refractivity contribution in [1.29, 1.82) is 0 Å². The topological polar surface area (TPSA) is 21.3 Å². The molecule has 0 atom stereocenters. The maximum Gasteiger partial charge on any atom is 0.123 e. The highest BCUT2D eigenvalue weighted by molar-refractivity contribution is 7.11. The first-order valence-electron chi connectivity index (χ1n) is 7.05. The van der Waals surface area contributed by atoms with Crippen LogP contribution in [0.1, 0.15) is 40.6 Å². The van der Waals surface area contributed by atoms with Crippen LogP contribution in [0.25, 0.3) is 0 Å². The van der Waals surface area contributed by atoms with E-state index in [0.717, 1.165) is 12.3 Å². The van der Waals surface area contributed by atoms with Gasteiger partial charge in [0.15, 0.2) is 0 Å². The summed E-state index contributed by atoms with van der Waals surface area (Å²) < 4.78 is 6.00. The fourth-order valence-electron chi connectivity index (χ4n) is 2.05. The van der Waals surface area contributed by atoms with Crippen molar-refractivity contribution in [3.05, 3.63) is 51.2 Å². The van der Waals surface area contributed by atoms with Gasteiger partial charge in [-0.3, -0.25) is 0 Å². The maximum atomic E-state index is 6.00. The van der Waals surface area contributed by atoms with E-state index >= 15 is 0 Å². The van der Waals surface area contributed by atoms with Gasteiger partial charge in [-0.2, -0.15) is 0 Å². The molecule has 1 aromatic carbocycles. The van der Waals surface area contributed by atoms with Gasteiger partial charge in [0.05, 0.1) is 0 Å². The van der Waals surface area contributed by atoms with Gasteiger partial charge in [-0.1, -0.05) is 26.0 Å². The van der Waals surface area contributed by atoms with Gasteiger partial charge >= 0.3 is 0 Å². The zero-order valence-corrected chi connectivity index (χ0v) is 13.5. The van der Waals surface area contributed by atoms with E-state index in [1.165, 1.54) is 20.9 Å². The summed E-state index contributed by atoms with van der Waals surface area (Å²) in [6, 6.07) is 10.8. The van der Waals surface area contributed by atoms with Gasteiger partial charge in [0.2, 0.25) is 0 Å². The van der Waals surface area contributed by atoms with Crippen LogP contribution in [0.15, 0.2) is 30.3 Å². The van der Waals surface area contributed by atoms with Gasteiger partial charge in [0.1, 0.15) is 12.4 Å². The van der Waals surface area contributed by atoms with Crippen molar-refractivity contribution in [1.82, 2.24) is 5.32 Å². The molecule has 0 unspecified atom stereocenters. The number of hydrogen-bond donors (Lipinski definition) is 1. The second-order valence-electron chi connectivity index (χ2n) is 5.37. The van der Waals surface area contributed by atoms with Crippen LogP contribution in [0.5, 0.6) is 5.75 Å². The Hall–Kier alpha value is -1.32. The van der Waals surface area contributed by atoms with Gasteiger partial charge < -0.3 is 10.1 Å². The minimum absolute atomic E-state index is 0.530. The Kier molecular flexibility index (Phi) is 5.21. The Morgan fingerprint density at radius 2 is 1.90 bits per heavy atom. The summed E-state index contributed by atoms with van der Waals surface area (Å²) in [5, 5.41) is 3.17. The summed E-state index contributed by atoms with van der Waals surface area (Å²) in [6.07, 6.45) is 0. The molecule has 0 radical (unpaired) electrons. The molecule has 2 nitrogen and oxygen atoms in total. The Balaban J connectivity index is 2.04. The van der Waals surface area contributed by atoms with Crippen molar-refractivity contribution in [3.63, 3.8) is 0 Å². The molecule has 0 bridgehead atoms. The Morgan fingerprint density at radius 1 is 1.15 bits per heavy atom. The molecule has 108 valence electrons. The van der Waals surface area contributed by atoms with Crippen LogP contribution in [-0.2, 0) is 13.2 Å². The third-order valence-electron chi connectivity index (χ3n) is 3.32. The minimum atomic E-state index is 0.530. The molecule has 0 aliphatic heterocycles. The van der Waals surface area contributed by atoms with Crippen LogP contribution >= 0.6 is 11.3 Å². The standard InChI is InChI=1S/C17H23NOS/c1-12(2)14-6-5-13(3)17(9-14)19-11-16-8-7-15(20-16)10-18-4/h5-9,12,18H,10-11H2,1-4H3. The lowest BCUT2D eigenvalue weighted by atomic mass is 10.0. The average molecular weight is 289 g/mol. The predicted octanol–water partition coefficient (Wildman–Crippen LogP) is 4.48. The van der Waals surface area contributed by atoms with Crippen molar-refractivity contribution in [2.24, 2.45) is 0 Å². The second-order valence-corrected chi connectivity index (χ2v) is 6.62. The maximum absolute atomic E-state index is 6.00. The van der Waals surface area contributed by atoms with E-state index in [0.29, 0.717) is 12.5 Å². The first-order valence-corrected chi connectivity index (χ1v) is 7.87. The first-order chi connectivity index (χ1) is 9.60. The third kappa shape index (κ3) is 3.84. The van der Waals surface area contributed by atoms with E-state index in [2.05, 4.69) is 56.4 Å². The molecule has 0 spiro atoms. The number of nitrogens with one attached hydrogen (secondary N) is 1. The molecular formula is C17H23NOS. The molecule has 2 rings (SSSR count). The van der Waals surface area contributed by atoms with E-state index in [1.807, 2.05) is 7.05 Å². The number of benzene rings is 1. The van der Waals surface area contributed by atoms with Crippen LogP contribution in [0.4, 0.5) is 0 Å². The van der Waals surface area contributed by atoms with E-state index in [1.54, 1.807) is 11.3 Å². The van der Waals surface area contributed by atoms with E-state index in [-0.39, 0.29) is 0 Å². The van der Waals surface area contributed by atoms with Crippen LogP contribution in [0, 0.1) is 6.92 Å². The third-order valence-corrected chi connectivity index (χ3v) is 4.38. The molecule has 20 heavy (non-hydrogen) atoms. The molecule has 0 fully saturated rings. The summed E-state index contributed by atoms with van der Waals surface area (Å²) >= 11 is 1.81. The molecule has 1 aromatic heterocycles. The fraction of sp³-hybridized carbons (Fsp3) is 0.412. The summed E-state index contributed by atoms with van der Waals surface area (Å²) in [4.78, 5) is 2.61. The monoisotopic (exact) mass is 289 g/mol. The highest BCUT2D eigenvalue weighted by Crippen LogP contribution is 2.26. The van der Waals surface area contributed by atoms with Crippen LogP contribution in [-0.4, -0.2) is 7.05 Å². The number of ether oxygens (including phenoxy) is 1. The van der Waals surface area contributed by atoms with E-state index < -0.39 is 0 Å². The lowest BCUT2D eigenvalue weighted by Gasteiger charge is -2.12. The average Bonchev–Trinajstić information content (AvgIpc) is 2.86. The zero-order chi connectivity index (χ0) is 14.5. The largest absolute Gasteiger partial charge is 0.488 e. The molecule has 0 saturated carbocycles. The van der Waals surface area contributed by atoms with Crippen molar-refractivity contribution in [3.8, 4) is 5.75 Å². The van der Waals surface area contributed by atoms with Crippen molar-refractivity contribution >= 4 is 11.3 Å². The van der Waals surface area contributed by atoms with Gasteiger partial charge in [0, 0.05) is 16.3 Å². The minimum Gasteiger partial charge on any atom is -0.488 e. The molecule has 2 aromatic rings. The Bertz CT molecular complexity index is 560. The van der Waals surface area contributed by atoms with Gasteiger partial charge in [-0.15, -0.1) is 11.3 Å². The Labute approximate surface area is 125 Å². The number of rotatable bonds is 6. The number of thiophene rings is 1. The van der Waals surface area contributed by atoms with E-state index in [9.17, 15) is 0 Å². The summed E-state index contributed by atoms with van der Waals surface area (Å²) in [5.74, 6) is 1.53. The number of aryl methyl sites for hydroxylation is 1. The highest BCUT2D eigenvalue weighted by Gasteiger charge is 2.06. The predicted molar refractivity (Wildman–Crippen MR) is 86.7 cm³/mol. The molecule has 0 aliphatic rings. The lowest BCUT2D eigenvalue weighted by Crippen LogP contribution is -2.02.